The van der Waals surface area contributed by atoms with Crippen LogP contribution < -0.4 is 5.32 Å². The van der Waals surface area contributed by atoms with Gasteiger partial charge in [-0.3, -0.25) is 0 Å². The Labute approximate surface area is 113 Å². The SMILES string of the molecule is C=CCCOCCNc1ncccc1C(=O)OCC. The molecule has 0 saturated carbocycles. The number of anilines is 1. The number of nitrogens with zero attached hydrogens (tertiary/aromatic N) is 1. The minimum Gasteiger partial charge on any atom is -0.462 e. The van der Waals surface area contributed by atoms with Crippen LogP contribution in [-0.4, -0.2) is 37.3 Å². The summed E-state index contributed by atoms with van der Waals surface area (Å²) in [6.07, 6.45) is 4.27. The molecule has 1 rings (SSSR count). The fourth-order valence-corrected chi connectivity index (χ4v) is 1.43. The molecule has 0 radical (unpaired) electrons. The monoisotopic (exact) mass is 264 g/mol. The van der Waals surface area contributed by atoms with E-state index in [-0.39, 0.29) is 5.97 Å². The molecule has 1 aromatic rings. The van der Waals surface area contributed by atoms with Gasteiger partial charge in [0.1, 0.15) is 11.4 Å². The fourth-order valence-electron chi connectivity index (χ4n) is 1.43. The molecule has 0 unspecified atom stereocenters. The fraction of sp³-hybridized carbons (Fsp3) is 0.429. The van der Waals surface area contributed by atoms with Crippen LogP contribution in [0.5, 0.6) is 0 Å². The molecular weight excluding hydrogens is 244 g/mol. The highest BCUT2D eigenvalue weighted by Crippen LogP contribution is 2.12. The Morgan fingerprint density at radius 2 is 2.37 bits per heavy atom. The maximum atomic E-state index is 11.7. The smallest absolute Gasteiger partial charge is 0.341 e. The maximum Gasteiger partial charge on any atom is 0.341 e. The van der Waals surface area contributed by atoms with Crippen LogP contribution >= 0.6 is 0 Å². The van der Waals surface area contributed by atoms with Gasteiger partial charge in [-0.25, -0.2) is 9.78 Å². The number of hydrogen-bond donors (Lipinski definition) is 1. The minimum absolute atomic E-state index is 0.345. The summed E-state index contributed by atoms with van der Waals surface area (Å²) in [6, 6.07) is 3.39. The predicted octanol–water partition coefficient (Wildman–Crippen LogP) is 2.26. The number of aromatic nitrogens is 1. The summed E-state index contributed by atoms with van der Waals surface area (Å²) in [7, 11) is 0. The van der Waals surface area contributed by atoms with Crippen molar-refractivity contribution in [3.8, 4) is 0 Å². The number of esters is 1. The van der Waals surface area contributed by atoms with Crippen molar-refractivity contribution in [3.63, 3.8) is 0 Å². The average molecular weight is 264 g/mol. The molecular formula is C14H20N2O3. The van der Waals surface area contributed by atoms with E-state index in [1.54, 1.807) is 25.3 Å². The molecule has 0 aliphatic rings. The highest BCUT2D eigenvalue weighted by molar-refractivity contribution is 5.94. The Morgan fingerprint density at radius 3 is 3.11 bits per heavy atom. The van der Waals surface area contributed by atoms with Crippen LogP contribution in [-0.2, 0) is 9.47 Å². The number of rotatable bonds is 9. The zero-order valence-corrected chi connectivity index (χ0v) is 11.2. The number of ether oxygens (including phenoxy) is 2. The summed E-state index contributed by atoms with van der Waals surface area (Å²) in [5.41, 5.74) is 0.440. The summed E-state index contributed by atoms with van der Waals surface area (Å²) < 4.78 is 10.3. The van der Waals surface area contributed by atoms with Gasteiger partial charge in [0, 0.05) is 12.7 Å². The Balaban J connectivity index is 2.44. The van der Waals surface area contributed by atoms with Crippen LogP contribution in [0.25, 0.3) is 0 Å². The maximum absolute atomic E-state index is 11.7. The van der Waals surface area contributed by atoms with Crippen molar-refractivity contribution < 1.29 is 14.3 Å². The number of carbonyl (C=O) groups is 1. The van der Waals surface area contributed by atoms with Crippen molar-refractivity contribution in [2.24, 2.45) is 0 Å². The van der Waals surface area contributed by atoms with Crippen LogP contribution in [0.2, 0.25) is 0 Å². The first-order valence-electron chi connectivity index (χ1n) is 6.34. The van der Waals surface area contributed by atoms with Crippen molar-refractivity contribution >= 4 is 11.8 Å². The molecule has 1 heterocycles. The summed E-state index contributed by atoms with van der Waals surface area (Å²) >= 11 is 0. The molecule has 1 N–H and O–H groups in total. The summed E-state index contributed by atoms with van der Waals surface area (Å²) in [4.78, 5) is 15.8. The third-order valence-electron chi connectivity index (χ3n) is 2.31. The first-order chi connectivity index (χ1) is 9.29. The van der Waals surface area contributed by atoms with E-state index in [1.165, 1.54) is 0 Å². The summed E-state index contributed by atoms with van der Waals surface area (Å²) in [5, 5.41) is 3.07. The standard InChI is InChI=1S/C14H20N2O3/c1-3-5-10-18-11-9-16-13-12(7-6-8-15-13)14(17)19-4-2/h3,6-8H,1,4-5,9-11H2,2H3,(H,15,16). The second-order valence-corrected chi connectivity index (χ2v) is 3.74. The molecule has 0 fully saturated rings. The van der Waals surface area contributed by atoms with Gasteiger partial charge in [-0.15, -0.1) is 6.58 Å². The number of pyridine rings is 1. The van der Waals surface area contributed by atoms with Crippen molar-refractivity contribution in [1.82, 2.24) is 4.98 Å². The summed E-state index contributed by atoms with van der Waals surface area (Å²) in [6.45, 7) is 7.52. The zero-order valence-electron chi connectivity index (χ0n) is 11.2. The lowest BCUT2D eigenvalue weighted by atomic mass is 10.2. The van der Waals surface area contributed by atoms with Gasteiger partial charge in [0.05, 0.1) is 19.8 Å². The molecule has 0 atom stereocenters. The minimum atomic E-state index is -0.370. The highest BCUT2D eigenvalue weighted by atomic mass is 16.5. The van der Waals surface area contributed by atoms with Crippen molar-refractivity contribution in [2.75, 3.05) is 31.7 Å². The normalized spacial score (nSPS) is 9.95. The lowest BCUT2D eigenvalue weighted by molar-refractivity contribution is 0.0527. The van der Waals surface area contributed by atoms with E-state index in [4.69, 9.17) is 9.47 Å². The topological polar surface area (TPSA) is 60.5 Å². The van der Waals surface area contributed by atoms with E-state index in [1.807, 2.05) is 6.08 Å². The van der Waals surface area contributed by atoms with Gasteiger partial charge in [-0.05, 0) is 25.5 Å². The Hall–Kier alpha value is -1.88. The molecule has 5 heteroatoms. The van der Waals surface area contributed by atoms with Gasteiger partial charge in [0.15, 0.2) is 0 Å². The Kier molecular flexibility index (Phi) is 7.27. The molecule has 5 nitrogen and oxygen atoms in total. The van der Waals surface area contributed by atoms with Gasteiger partial charge < -0.3 is 14.8 Å². The van der Waals surface area contributed by atoms with E-state index in [0.29, 0.717) is 37.7 Å². The van der Waals surface area contributed by atoms with E-state index < -0.39 is 0 Å². The third-order valence-corrected chi connectivity index (χ3v) is 2.31. The number of nitrogens with one attached hydrogen (secondary N) is 1. The lowest BCUT2D eigenvalue weighted by Gasteiger charge is -2.10. The molecule has 0 aromatic carbocycles. The van der Waals surface area contributed by atoms with Crippen LogP contribution in [0.4, 0.5) is 5.82 Å². The second kappa shape index (κ2) is 9.10. The van der Waals surface area contributed by atoms with Crippen LogP contribution in [0.15, 0.2) is 31.0 Å². The van der Waals surface area contributed by atoms with E-state index in [0.717, 1.165) is 6.42 Å². The molecule has 0 bridgehead atoms. The van der Waals surface area contributed by atoms with Gasteiger partial charge in [-0.2, -0.15) is 0 Å². The van der Waals surface area contributed by atoms with E-state index >= 15 is 0 Å². The molecule has 1 aromatic heterocycles. The molecule has 0 spiro atoms. The van der Waals surface area contributed by atoms with Gasteiger partial charge >= 0.3 is 5.97 Å². The van der Waals surface area contributed by atoms with E-state index in [2.05, 4.69) is 16.9 Å². The number of carbonyl (C=O) groups excluding carboxylic acids is 1. The third kappa shape index (κ3) is 5.52. The molecule has 0 aliphatic heterocycles. The predicted molar refractivity (Wildman–Crippen MR) is 74.3 cm³/mol. The van der Waals surface area contributed by atoms with Crippen LogP contribution in [0, 0.1) is 0 Å². The molecule has 0 saturated heterocycles. The van der Waals surface area contributed by atoms with Crippen LogP contribution in [0.1, 0.15) is 23.7 Å². The molecule has 0 amide bonds. The largest absolute Gasteiger partial charge is 0.462 e. The highest BCUT2D eigenvalue weighted by Gasteiger charge is 2.12. The first kappa shape index (κ1) is 15.2. The van der Waals surface area contributed by atoms with Gasteiger partial charge in [0.25, 0.3) is 0 Å². The van der Waals surface area contributed by atoms with Crippen molar-refractivity contribution in [1.29, 1.82) is 0 Å². The molecule has 104 valence electrons. The Bertz CT molecular complexity index is 407. The zero-order chi connectivity index (χ0) is 13.9. The quantitative estimate of drug-likeness (QED) is 0.421. The average Bonchev–Trinajstić information content (AvgIpc) is 2.43. The molecule has 0 aliphatic carbocycles. The molecule has 19 heavy (non-hydrogen) atoms. The Morgan fingerprint density at radius 1 is 1.53 bits per heavy atom. The van der Waals surface area contributed by atoms with Gasteiger partial charge in [-0.1, -0.05) is 6.08 Å². The van der Waals surface area contributed by atoms with Gasteiger partial charge in [0.2, 0.25) is 0 Å². The second-order valence-electron chi connectivity index (χ2n) is 3.74. The van der Waals surface area contributed by atoms with Crippen molar-refractivity contribution in [2.45, 2.75) is 13.3 Å². The van der Waals surface area contributed by atoms with Crippen LogP contribution in [0.3, 0.4) is 0 Å². The first-order valence-corrected chi connectivity index (χ1v) is 6.34. The van der Waals surface area contributed by atoms with Crippen molar-refractivity contribution in [3.05, 3.63) is 36.5 Å². The number of hydrogen-bond acceptors (Lipinski definition) is 5. The lowest BCUT2D eigenvalue weighted by Crippen LogP contribution is -2.15. The summed E-state index contributed by atoms with van der Waals surface area (Å²) in [5.74, 6) is 0.152. The van der Waals surface area contributed by atoms with E-state index in [9.17, 15) is 4.79 Å².